The first kappa shape index (κ1) is 14.9. The lowest BCUT2D eigenvalue weighted by molar-refractivity contribution is -0.274. The van der Waals surface area contributed by atoms with E-state index in [9.17, 15) is 17.6 Å². The summed E-state index contributed by atoms with van der Waals surface area (Å²) in [5.41, 5.74) is 0.377. The van der Waals surface area contributed by atoms with Crippen LogP contribution in [0.1, 0.15) is 11.1 Å². The van der Waals surface area contributed by atoms with Crippen molar-refractivity contribution in [1.29, 1.82) is 5.26 Å². The van der Waals surface area contributed by atoms with Crippen LogP contribution in [-0.4, -0.2) is 6.36 Å². The van der Waals surface area contributed by atoms with Crippen LogP contribution in [0.15, 0.2) is 36.4 Å². The van der Waals surface area contributed by atoms with Gasteiger partial charge in [0.1, 0.15) is 11.6 Å². The third kappa shape index (κ3) is 3.31. The molecule has 0 saturated carbocycles. The quantitative estimate of drug-likeness (QED) is 0.760. The minimum atomic E-state index is -4.87. The average Bonchev–Trinajstić information content (AvgIpc) is 2.40. The number of nitrogens with zero attached hydrogens (tertiary/aromatic N) is 1. The fourth-order valence-electron chi connectivity index (χ4n) is 1.90. The summed E-state index contributed by atoms with van der Waals surface area (Å²) in [6.45, 7) is 1.47. The molecule has 0 aliphatic heterocycles. The normalized spacial score (nSPS) is 11.0. The summed E-state index contributed by atoms with van der Waals surface area (Å²) >= 11 is 0. The van der Waals surface area contributed by atoms with Crippen molar-refractivity contribution in [2.24, 2.45) is 0 Å². The van der Waals surface area contributed by atoms with Gasteiger partial charge in [-0.1, -0.05) is 18.2 Å². The number of aryl methyl sites for hydroxylation is 1. The Balaban J connectivity index is 2.63. The first-order valence-electron chi connectivity index (χ1n) is 5.87. The molecule has 0 spiro atoms. The van der Waals surface area contributed by atoms with Crippen molar-refractivity contribution in [1.82, 2.24) is 0 Å². The summed E-state index contributed by atoms with van der Waals surface area (Å²) in [5.74, 6) is -1.09. The highest BCUT2D eigenvalue weighted by atomic mass is 19.4. The second kappa shape index (κ2) is 5.44. The van der Waals surface area contributed by atoms with Gasteiger partial charge in [-0.25, -0.2) is 4.39 Å². The van der Waals surface area contributed by atoms with Crippen LogP contribution in [0.2, 0.25) is 0 Å². The van der Waals surface area contributed by atoms with Crippen molar-refractivity contribution in [3.05, 3.63) is 53.3 Å². The molecule has 21 heavy (non-hydrogen) atoms. The molecule has 2 aromatic rings. The molecule has 0 aromatic heterocycles. The molecule has 0 aliphatic rings. The van der Waals surface area contributed by atoms with Crippen LogP contribution in [0, 0.1) is 24.1 Å². The van der Waals surface area contributed by atoms with Gasteiger partial charge in [0.15, 0.2) is 0 Å². The van der Waals surface area contributed by atoms with E-state index >= 15 is 0 Å². The molecule has 6 heteroatoms. The molecule has 0 bridgehead atoms. The third-order valence-electron chi connectivity index (χ3n) is 2.82. The predicted molar refractivity (Wildman–Crippen MR) is 68.0 cm³/mol. The SMILES string of the molecule is Cc1cc(C#N)c(-c2ccccc2OC(F)(F)F)cc1F. The molecule has 2 aromatic carbocycles. The van der Waals surface area contributed by atoms with Crippen molar-refractivity contribution >= 4 is 0 Å². The molecule has 2 rings (SSSR count). The molecular formula is C15H9F4NO. The Morgan fingerprint density at radius 2 is 1.76 bits per heavy atom. The van der Waals surface area contributed by atoms with Gasteiger partial charge < -0.3 is 4.74 Å². The van der Waals surface area contributed by atoms with Crippen molar-refractivity contribution in [3.63, 3.8) is 0 Å². The van der Waals surface area contributed by atoms with Crippen LogP contribution in [0.3, 0.4) is 0 Å². The van der Waals surface area contributed by atoms with E-state index in [-0.39, 0.29) is 22.3 Å². The number of hydrogen-bond acceptors (Lipinski definition) is 2. The van der Waals surface area contributed by atoms with Crippen molar-refractivity contribution < 1.29 is 22.3 Å². The predicted octanol–water partition coefficient (Wildman–Crippen LogP) is 4.57. The van der Waals surface area contributed by atoms with Crippen LogP contribution in [-0.2, 0) is 0 Å². The highest BCUT2D eigenvalue weighted by Gasteiger charge is 2.32. The minimum absolute atomic E-state index is 0.00488. The number of benzene rings is 2. The molecule has 0 aliphatic carbocycles. The molecule has 0 N–H and O–H groups in total. The molecule has 0 unspecified atom stereocenters. The maximum Gasteiger partial charge on any atom is 0.573 e. The summed E-state index contributed by atoms with van der Waals surface area (Å²) in [4.78, 5) is 0. The van der Waals surface area contributed by atoms with Crippen LogP contribution in [0.5, 0.6) is 5.75 Å². The third-order valence-corrected chi connectivity index (χ3v) is 2.82. The Morgan fingerprint density at radius 1 is 1.10 bits per heavy atom. The lowest BCUT2D eigenvalue weighted by atomic mass is 9.97. The Hall–Kier alpha value is -2.55. The van der Waals surface area contributed by atoms with Crippen molar-refractivity contribution in [2.75, 3.05) is 0 Å². The minimum Gasteiger partial charge on any atom is -0.405 e. The van der Waals surface area contributed by atoms with E-state index in [1.807, 2.05) is 6.07 Å². The van der Waals surface area contributed by atoms with E-state index in [1.165, 1.54) is 31.2 Å². The Kier molecular flexibility index (Phi) is 3.85. The first-order valence-corrected chi connectivity index (χ1v) is 5.87. The van der Waals surface area contributed by atoms with E-state index in [0.717, 1.165) is 12.1 Å². The van der Waals surface area contributed by atoms with Gasteiger partial charge in [-0.2, -0.15) is 5.26 Å². The zero-order valence-electron chi connectivity index (χ0n) is 10.8. The van der Waals surface area contributed by atoms with Crippen LogP contribution < -0.4 is 4.74 Å². The lowest BCUT2D eigenvalue weighted by Gasteiger charge is -2.14. The number of ether oxygens (including phenoxy) is 1. The monoisotopic (exact) mass is 295 g/mol. The highest BCUT2D eigenvalue weighted by Crippen LogP contribution is 2.36. The van der Waals surface area contributed by atoms with Gasteiger partial charge in [0.2, 0.25) is 0 Å². The maximum atomic E-state index is 13.7. The van der Waals surface area contributed by atoms with Crippen LogP contribution in [0.4, 0.5) is 17.6 Å². The Bertz CT molecular complexity index is 717. The molecule has 0 fully saturated rings. The average molecular weight is 295 g/mol. The molecule has 0 heterocycles. The molecule has 108 valence electrons. The topological polar surface area (TPSA) is 33.0 Å². The summed E-state index contributed by atoms with van der Waals surface area (Å²) in [7, 11) is 0. The fourth-order valence-corrected chi connectivity index (χ4v) is 1.90. The first-order chi connectivity index (χ1) is 9.81. The Labute approximate surface area is 118 Å². The van der Waals surface area contributed by atoms with Gasteiger partial charge in [0, 0.05) is 11.1 Å². The van der Waals surface area contributed by atoms with E-state index in [0.29, 0.717) is 0 Å². The highest BCUT2D eigenvalue weighted by molar-refractivity contribution is 5.76. The molecule has 0 amide bonds. The molecule has 0 atom stereocenters. The number of halogens is 4. The van der Waals surface area contributed by atoms with Gasteiger partial charge in [-0.3, -0.25) is 0 Å². The summed E-state index contributed by atoms with van der Waals surface area (Å²) in [6, 6.07) is 9.47. The smallest absolute Gasteiger partial charge is 0.405 e. The number of para-hydroxylation sites is 1. The largest absolute Gasteiger partial charge is 0.573 e. The molecule has 0 radical (unpaired) electrons. The fraction of sp³-hybridized carbons (Fsp3) is 0.133. The van der Waals surface area contributed by atoms with E-state index in [4.69, 9.17) is 5.26 Å². The number of nitriles is 1. The van der Waals surface area contributed by atoms with Crippen LogP contribution >= 0.6 is 0 Å². The lowest BCUT2D eigenvalue weighted by Crippen LogP contribution is -2.17. The standard InChI is InChI=1S/C15H9F4NO/c1-9-6-10(8-20)12(7-13(9)16)11-4-2-3-5-14(11)21-15(17,18)19/h2-7H,1H3. The zero-order valence-corrected chi connectivity index (χ0v) is 10.8. The molecule has 2 nitrogen and oxygen atoms in total. The van der Waals surface area contributed by atoms with Gasteiger partial charge in [0.25, 0.3) is 0 Å². The zero-order chi connectivity index (χ0) is 15.6. The number of rotatable bonds is 2. The van der Waals surface area contributed by atoms with E-state index < -0.39 is 17.9 Å². The maximum absolute atomic E-state index is 13.7. The summed E-state index contributed by atoms with van der Waals surface area (Å²) in [5, 5.41) is 9.08. The van der Waals surface area contributed by atoms with Gasteiger partial charge >= 0.3 is 6.36 Å². The van der Waals surface area contributed by atoms with Gasteiger partial charge in [-0.15, -0.1) is 13.2 Å². The second-order valence-electron chi connectivity index (χ2n) is 4.30. The molecular weight excluding hydrogens is 286 g/mol. The van der Waals surface area contributed by atoms with Crippen molar-refractivity contribution in [3.8, 4) is 22.9 Å². The second-order valence-corrected chi connectivity index (χ2v) is 4.30. The van der Waals surface area contributed by atoms with E-state index in [1.54, 1.807) is 0 Å². The van der Waals surface area contributed by atoms with E-state index in [2.05, 4.69) is 4.74 Å². The molecule has 0 saturated heterocycles. The number of hydrogen-bond donors (Lipinski definition) is 0. The summed E-state index contributed by atoms with van der Waals surface area (Å²) < 4.78 is 54.8. The van der Waals surface area contributed by atoms with Gasteiger partial charge in [0.05, 0.1) is 11.6 Å². The summed E-state index contributed by atoms with van der Waals surface area (Å²) in [6.07, 6.45) is -4.87. The van der Waals surface area contributed by atoms with Crippen LogP contribution in [0.25, 0.3) is 11.1 Å². The Morgan fingerprint density at radius 3 is 2.38 bits per heavy atom. The number of alkyl halides is 3. The van der Waals surface area contributed by atoms with Gasteiger partial charge in [-0.05, 0) is 30.7 Å². The van der Waals surface area contributed by atoms with Crippen molar-refractivity contribution in [2.45, 2.75) is 13.3 Å².